The summed E-state index contributed by atoms with van der Waals surface area (Å²) in [5.41, 5.74) is 7.54. The number of nitrogen functional groups attached to an aromatic ring is 1. The van der Waals surface area contributed by atoms with Gasteiger partial charge in [-0.2, -0.15) is 0 Å². The van der Waals surface area contributed by atoms with Crippen molar-refractivity contribution in [2.75, 3.05) is 17.7 Å². The molecule has 0 saturated heterocycles. The quantitative estimate of drug-likeness (QED) is 0.573. The lowest BCUT2D eigenvalue weighted by atomic mass is 9.77. The van der Waals surface area contributed by atoms with Crippen LogP contribution in [0.2, 0.25) is 0 Å². The van der Waals surface area contributed by atoms with Crippen LogP contribution in [0.5, 0.6) is 0 Å². The smallest absolute Gasteiger partial charge is 0.0661 e. The number of hydrogen-bond acceptors (Lipinski definition) is 3. The van der Waals surface area contributed by atoms with Gasteiger partial charge in [0.15, 0.2) is 0 Å². The van der Waals surface area contributed by atoms with Gasteiger partial charge in [-0.1, -0.05) is 6.92 Å². The summed E-state index contributed by atoms with van der Waals surface area (Å²) >= 11 is 2.25. The van der Waals surface area contributed by atoms with Crippen LogP contribution in [0.4, 0.5) is 11.4 Å². The molecule has 0 amide bonds. The lowest BCUT2D eigenvalue weighted by Gasteiger charge is -2.39. The molecule has 3 nitrogen and oxygen atoms in total. The van der Waals surface area contributed by atoms with E-state index >= 15 is 0 Å². The highest BCUT2D eigenvalue weighted by atomic mass is 127. The van der Waals surface area contributed by atoms with E-state index in [9.17, 15) is 5.11 Å². The summed E-state index contributed by atoms with van der Waals surface area (Å²) < 4.78 is 1.13. The number of nitrogens with two attached hydrogens (primary N) is 1. The third-order valence-electron chi connectivity index (χ3n) is 3.95. The predicted octanol–water partition coefficient (Wildman–Crippen LogP) is 3.23. The molecule has 4 heteroatoms. The van der Waals surface area contributed by atoms with Crippen LogP contribution in [0.25, 0.3) is 0 Å². The molecule has 1 aliphatic rings. The largest absolute Gasteiger partial charge is 0.397 e. The number of aliphatic hydroxyl groups excluding tert-OH is 1. The van der Waals surface area contributed by atoms with Crippen LogP contribution >= 0.6 is 22.6 Å². The molecule has 0 spiro atoms. The number of anilines is 2. The van der Waals surface area contributed by atoms with E-state index in [1.54, 1.807) is 0 Å². The monoisotopic (exact) mass is 360 g/mol. The first-order valence-electron chi connectivity index (χ1n) is 6.49. The summed E-state index contributed by atoms with van der Waals surface area (Å²) in [6, 6.07) is 6.00. The molecule has 0 aromatic heterocycles. The summed E-state index contributed by atoms with van der Waals surface area (Å²) in [7, 11) is 0. The van der Waals surface area contributed by atoms with E-state index < -0.39 is 0 Å². The molecule has 1 saturated carbocycles. The van der Waals surface area contributed by atoms with Crippen molar-refractivity contribution in [3.63, 3.8) is 0 Å². The predicted molar refractivity (Wildman–Crippen MR) is 84.6 cm³/mol. The van der Waals surface area contributed by atoms with Gasteiger partial charge in [-0.15, -0.1) is 0 Å². The molecule has 1 fully saturated rings. The molecule has 4 N–H and O–H groups in total. The van der Waals surface area contributed by atoms with Gasteiger partial charge in [-0.05, 0) is 72.4 Å². The second kappa shape index (κ2) is 5.65. The van der Waals surface area contributed by atoms with Crippen molar-refractivity contribution in [2.24, 2.45) is 5.92 Å². The molecule has 0 atom stereocenters. The Morgan fingerprint density at radius 3 is 2.67 bits per heavy atom. The Hall–Kier alpha value is -0.490. The fourth-order valence-corrected chi connectivity index (χ4v) is 3.09. The second-order valence-electron chi connectivity index (χ2n) is 5.48. The van der Waals surface area contributed by atoms with Crippen LogP contribution in [0, 0.1) is 9.49 Å². The third kappa shape index (κ3) is 3.09. The van der Waals surface area contributed by atoms with Crippen molar-refractivity contribution in [3.05, 3.63) is 21.8 Å². The average Bonchev–Trinajstić information content (AvgIpc) is 2.36. The van der Waals surface area contributed by atoms with E-state index in [2.05, 4.69) is 34.8 Å². The highest BCUT2D eigenvalue weighted by Gasteiger charge is 2.33. The van der Waals surface area contributed by atoms with Gasteiger partial charge in [0.05, 0.1) is 23.5 Å². The molecule has 18 heavy (non-hydrogen) atoms. The highest BCUT2D eigenvalue weighted by molar-refractivity contribution is 14.1. The van der Waals surface area contributed by atoms with Gasteiger partial charge in [0, 0.05) is 3.57 Å². The first kappa shape index (κ1) is 13.9. The molecule has 2 rings (SSSR count). The Balaban J connectivity index is 2.15. The van der Waals surface area contributed by atoms with Crippen molar-refractivity contribution >= 4 is 34.0 Å². The van der Waals surface area contributed by atoms with Crippen molar-refractivity contribution < 1.29 is 5.11 Å². The molecule has 0 radical (unpaired) electrons. The topological polar surface area (TPSA) is 58.3 Å². The molecule has 0 heterocycles. The Morgan fingerprint density at radius 1 is 1.44 bits per heavy atom. The maximum absolute atomic E-state index is 9.73. The number of halogens is 1. The zero-order chi connectivity index (χ0) is 13.2. The first-order valence-corrected chi connectivity index (χ1v) is 7.57. The molecule has 0 unspecified atom stereocenters. The summed E-state index contributed by atoms with van der Waals surface area (Å²) in [6.07, 6.45) is 4.35. The van der Waals surface area contributed by atoms with Crippen LogP contribution in [-0.4, -0.2) is 17.3 Å². The van der Waals surface area contributed by atoms with E-state index in [1.165, 1.54) is 0 Å². The van der Waals surface area contributed by atoms with Crippen LogP contribution < -0.4 is 11.1 Å². The molecule has 0 aliphatic heterocycles. The Labute approximate surface area is 122 Å². The van der Waals surface area contributed by atoms with Gasteiger partial charge in [-0.3, -0.25) is 0 Å². The second-order valence-corrected chi connectivity index (χ2v) is 6.72. The van der Waals surface area contributed by atoms with Crippen LogP contribution in [0.15, 0.2) is 18.2 Å². The zero-order valence-corrected chi connectivity index (χ0v) is 12.9. The van der Waals surface area contributed by atoms with Gasteiger partial charge in [-0.25, -0.2) is 0 Å². The van der Waals surface area contributed by atoms with E-state index in [4.69, 9.17) is 5.73 Å². The molecule has 1 aromatic rings. The minimum absolute atomic E-state index is 0.172. The molecule has 1 aliphatic carbocycles. The maximum Gasteiger partial charge on any atom is 0.0661 e. The van der Waals surface area contributed by atoms with Gasteiger partial charge in [0.2, 0.25) is 0 Å². The maximum atomic E-state index is 9.73. The van der Waals surface area contributed by atoms with Crippen molar-refractivity contribution in [2.45, 2.75) is 38.1 Å². The Morgan fingerprint density at radius 2 is 2.11 bits per heavy atom. The van der Waals surface area contributed by atoms with Crippen molar-refractivity contribution in [1.82, 2.24) is 0 Å². The Bertz CT molecular complexity index is 414. The number of hydrogen-bond donors (Lipinski definition) is 3. The lowest BCUT2D eigenvalue weighted by molar-refractivity contribution is 0.155. The van der Waals surface area contributed by atoms with E-state index in [-0.39, 0.29) is 12.1 Å². The summed E-state index contributed by atoms with van der Waals surface area (Å²) in [5.74, 6) is 0.764. The highest BCUT2D eigenvalue weighted by Crippen LogP contribution is 2.35. The van der Waals surface area contributed by atoms with Crippen LogP contribution in [-0.2, 0) is 0 Å². The van der Waals surface area contributed by atoms with Gasteiger partial charge in [0.25, 0.3) is 0 Å². The molecule has 0 bridgehead atoms. The fourth-order valence-electron chi connectivity index (χ4n) is 2.57. The van der Waals surface area contributed by atoms with Crippen LogP contribution in [0.3, 0.4) is 0 Å². The number of benzene rings is 1. The molecule has 1 aromatic carbocycles. The van der Waals surface area contributed by atoms with Gasteiger partial charge < -0.3 is 16.2 Å². The zero-order valence-electron chi connectivity index (χ0n) is 10.7. The number of aliphatic hydroxyl groups is 1. The SMILES string of the molecule is CC1CCC(CO)(Nc2ccc(I)cc2N)CC1. The lowest BCUT2D eigenvalue weighted by Crippen LogP contribution is -2.45. The van der Waals surface area contributed by atoms with Gasteiger partial charge in [0.1, 0.15) is 0 Å². The van der Waals surface area contributed by atoms with Crippen molar-refractivity contribution in [1.29, 1.82) is 0 Å². The molecular formula is C14H21IN2O. The fraction of sp³-hybridized carbons (Fsp3) is 0.571. The minimum atomic E-state index is -0.187. The van der Waals surface area contributed by atoms with Gasteiger partial charge >= 0.3 is 0 Å². The first-order chi connectivity index (χ1) is 8.54. The molecule has 100 valence electrons. The number of rotatable bonds is 3. The van der Waals surface area contributed by atoms with E-state index in [0.29, 0.717) is 0 Å². The third-order valence-corrected chi connectivity index (χ3v) is 4.62. The van der Waals surface area contributed by atoms with Crippen molar-refractivity contribution in [3.8, 4) is 0 Å². The summed E-state index contributed by atoms with van der Waals surface area (Å²) in [4.78, 5) is 0. The average molecular weight is 360 g/mol. The molecular weight excluding hydrogens is 339 g/mol. The van der Waals surface area contributed by atoms with Crippen LogP contribution in [0.1, 0.15) is 32.6 Å². The number of nitrogens with one attached hydrogen (secondary N) is 1. The standard InChI is InChI=1S/C14H21IN2O/c1-10-4-6-14(9-18,7-5-10)17-13-3-2-11(15)8-12(13)16/h2-3,8,10,17-18H,4-7,9,16H2,1H3. The van der Waals surface area contributed by atoms with E-state index in [1.807, 2.05) is 18.2 Å². The summed E-state index contributed by atoms with van der Waals surface area (Å²) in [6.45, 7) is 2.45. The van der Waals surface area contributed by atoms with E-state index in [0.717, 1.165) is 46.5 Å². The normalized spacial score (nSPS) is 28.1. The summed E-state index contributed by atoms with van der Waals surface area (Å²) in [5, 5.41) is 13.2. The minimum Gasteiger partial charge on any atom is -0.397 e. The Kier molecular flexibility index (Phi) is 4.37.